The fourth-order valence-corrected chi connectivity index (χ4v) is 2.15. The number of carbonyl (C=O) groups excluding carboxylic acids is 1. The third-order valence-corrected chi connectivity index (χ3v) is 3.41. The molecule has 0 aliphatic heterocycles. The maximum atomic E-state index is 13.3. The molecule has 0 aromatic carbocycles. The average molecular weight is 298 g/mol. The number of carbonyl (C=O) groups is 1. The molecule has 21 heavy (non-hydrogen) atoms. The quantitative estimate of drug-likeness (QED) is 0.519. The number of unbranched alkanes of at least 4 members (excludes halogenated alkanes) is 7. The van der Waals surface area contributed by atoms with Gasteiger partial charge in [0.1, 0.15) is 0 Å². The first-order chi connectivity index (χ1) is 10.2. The summed E-state index contributed by atoms with van der Waals surface area (Å²) >= 11 is 0. The molecule has 0 bridgehead atoms. The molecule has 0 aliphatic rings. The molecular formula is C16H24F2N2O. The zero-order chi connectivity index (χ0) is 15.5. The number of amides is 1. The lowest BCUT2D eigenvalue weighted by atomic mass is 10.1. The van der Waals surface area contributed by atoms with Gasteiger partial charge in [-0.1, -0.05) is 51.9 Å². The number of nitrogens with one attached hydrogen (secondary N) is 1. The number of rotatable bonds is 10. The summed E-state index contributed by atoms with van der Waals surface area (Å²) in [7, 11) is 0. The molecule has 1 rings (SSSR count). The van der Waals surface area contributed by atoms with Gasteiger partial charge in [0, 0.05) is 12.7 Å². The van der Waals surface area contributed by atoms with Gasteiger partial charge in [-0.25, -0.2) is 9.37 Å². The summed E-state index contributed by atoms with van der Waals surface area (Å²) in [6.07, 6.45) is 10.5. The van der Waals surface area contributed by atoms with Crippen molar-refractivity contribution in [2.75, 3.05) is 6.54 Å². The van der Waals surface area contributed by atoms with Gasteiger partial charge in [-0.3, -0.25) is 4.79 Å². The Balaban J connectivity index is 2.13. The minimum atomic E-state index is -1.24. The van der Waals surface area contributed by atoms with E-state index in [1.807, 2.05) is 0 Å². The Morgan fingerprint density at radius 3 is 2.38 bits per heavy atom. The average Bonchev–Trinajstić information content (AvgIpc) is 2.48. The van der Waals surface area contributed by atoms with Gasteiger partial charge in [0.25, 0.3) is 5.91 Å². The molecule has 1 amide bonds. The number of pyridine rings is 1. The van der Waals surface area contributed by atoms with Gasteiger partial charge in [-0.15, -0.1) is 0 Å². The topological polar surface area (TPSA) is 42.0 Å². The Morgan fingerprint density at radius 1 is 1.10 bits per heavy atom. The van der Waals surface area contributed by atoms with Crippen LogP contribution in [-0.4, -0.2) is 17.4 Å². The Labute approximate surface area is 125 Å². The van der Waals surface area contributed by atoms with Gasteiger partial charge in [0.2, 0.25) is 5.95 Å². The summed E-state index contributed by atoms with van der Waals surface area (Å²) in [6.45, 7) is 2.68. The summed E-state index contributed by atoms with van der Waals surface area (Å²) in [5, 5.41) is 2.60. The van der Waals surface area contributed by atoms with Crippen LogP contribution in [0.5, 0.6) is 0 Å². The third-order valence-electron chi connectivity index (χ3n) is 3.41. The number of hydrogen-bond acceptors (Lipinski definition) is 2. The van der Waals surface area contributed by atoms with E-state index in [-0.39, 0.29) is 5.56 Å². The van der Waals surface area contributed by atoms with Crippen molar-refractivity contribution in [3.8, 4) is 0 Å². The van der Waals surface area contributed by atoms with Gasteiger partial charge in [-0.2, -0.15) is 4.39 Å². The van der Waals surface area contributed by atoms with E-state index in [2.05, 4.69) is 17.2 Å². The van der Waals surface area contributed by atoms with Crippen molar-refractivity contribution < 1.29 is 13.6 Å². The lowest BCUT2D eigenvalue weighted by Crippen LogP contribution is -2.25. The van der Waals surface area contributed by atoms with Crippen molar-refractivity contribution >= 4 is 5.91 Å². The van der Waals surface area contributed by atoms with Crippen LogP contribution in [0.25, 0.3) is 0 Å². The Morgan fingerprint density at radius 2 is 1.71 bits per heavy atom. The van der Waals surface area contributed by atoms with E-state index in [0.717, 1.165) is 25.5 Å². The van der Waals surface area contributed by atoms with Crippen LogP contribution >= 0.6 is 0 Å². The number of halogens is 2. The van der Waals surface area contributed by atoms with Crippen LogP contribution in [0.1, 0.15) is 68.6 Å². The molecule has 0 spiro atoms. The first kappa shape index (κ1) is 17.5. The highest BCUT2D eigenvalue weighted by atomic mass is 19.2. The van der Waals surface area contributed by atoms with Gasteiger partial charge < -0.3 is 5.32 Å². The number of hydrogen-bond donors (Lipinski definition) is 1. The Hall–Kier alpha value is -1.52. The van der Waals surface area contributed by atoms with Crippen LogP contribution in [-0.2, 0) is 0 Å². The van der Waals surface area contributed by atoms with Crippen molar-refractivity contribution in [2.45, 2.75) is 58.3 Å². The smallest absolute Gasteiger partial charge is 0.254 e. The molecule has 0 atom stereocenters. The molecule has 0 unspecified atom stereocenters. The fourth-order valence-electron chi connectivity index (χ4n) is 2.15. The van der Waals surface area contributed by atoms with Crippen molar-refractivity contribution in [3.63, 3.8) is 0 Å². The first-order valence-electron chi connectivity index (χ1n) is 7.75. The van der Waals surface area contributed by atoms with Crippen LogP contribution in [0.15, 0.2) is 12.3 Å². The summed E-state index contributed by atoms with van der Waals surface area (Å²) < 4.78 is 26.2. The van der Waals surface area contributed by atoms with Crippen LogP contribution in [0, 0.1) is 11.8 Å². The highest BCUT2D eigenvalue weighted by molar-refractivity contribution is 5.94. The second-order valence-corrected chi connectivity index (χ2v) is 5.19. The van der Waals surface area contributed by atoms with Crippen LogP contribution < -0.4 is 5.32 Å². The van der Waals surface area contributed by atoms with E-state index in [1.54, 1.807) is 0 Å². The molecule has 1 aromatic heterocycles. The molecule has 0 aliphatic carbocycles. The molecule has 1 aromatic rings. The van der Waals surface area contributed by atoms with E-state index in [1.165, 1.54) is 38.2 Å². The standard InChI is InChI=1S/C16H24F2N2O/c1-2-3-4-5-6-7-8-9-11-20-16(21)13-10-12-19-15(18)14(13)17/h10,12H,2-9,11H2,1H3,(H,20,21). The van der Waals surface area contributed by atoms with Crippen molar-refractivity contribution in [1.82, 2.24) is 10.3 Å². The normalized spacial score (nSPS) is 10.6. The van der Waals surface area contributed by atoms with Gasteiger partial charge in [0.15, 0.2) is 5.82 Å². The second-order valence-electron chi connectivity index (χ2n) is 5.19. The molecule has 1 N–H and O–H groups in total. The highest BCUT2D eigenvalue weighted by Crippen LogP contribution is 2.10. The molecule has 3 nitrogen and oxygen atoms in total. The zero-order valence-corrected chi connectivity index (χ0v) is 12.6. The highest BCUT2D eigenvalue weighted by Gasteiger charge is 2.15. The third kappa shape index (κ3) is 6.65. The summed E-state index contributed by atoms with van der Waals surface area (Å²) in [5.74, 6) is -3.02. The van der Waals surface area contributed by atoms with Gasteiger partial charge in [-0.05, 0) is 12.5 Å². The lowest BCUT2D eigenvalue weighted by Gasteiger charge is -2.06. The van der Waals surface area contributed by atoms with Crippen molar-refractivity contribution in [3.05, 3.63) is 29.6 Å². The molecule has 0 saturated carbocycles. The van der Waals surface area contributed by atoms with E-state index in [9.17, 15) is 13.6 Å². The maximum Gasteiger partial charge on any atom is 0.254 e. The van der Waals surface area contributed by atoms with E-state index >= 15 is 0 Å². The maximum absolute atomic E-state index is 13.3. The largest absolute Gasteiger partial charge is 0.352 e. The predicted molar refractivity (Wildman–Crippen MR) is 79.1 cm³/mol. The van der Waals surface area contributed by atoms with Gasteiger partial charge in [0.05, 0.1) is 5.56 Å². The van der Waals surface area contributed by atoms with Crippen molar-refractivity contribution in [2.24, 2.45) is 0 Å². The van der Waals surface area contributed by atoms with Crippen LogP contribution in [0.2, 0.25) is 0 Å². The van der Waals surface area contributed by atoms with Crippen LogP contribution in [0.4, 0.5) is 8.78 Å². The molecule has 0 saturated heterocycles. The molecule has 1 heterocycles. The Kier molecular flexibility index (Phi) is 8.55. The minimum absolute atomic E-state index is 0.290. The van der Waals surface area contributed by atoms with E-state index in [4.69, 9.17) is 0 Å². The summed E-state index contributed by atoms with van der Waals surface area (Å²) in [5.41, 5.74) is -0.290. The van der Waals surface area contributed by atoms with Crippen molar-refractivity contribution in [1.29, 1.82) is 0 Å². The van der Waals surface area contributed by atoms with Crippen LogP contribution in [0.3, 0.4) is 0 Å². The molecule has 0 radical (unpaired) electrons. The monoisotopic (exact) mass is 298 g/mol. The summed E-state index contributed by atoms with van der Waals surface area (Å²) in [4.78, 5) is 14.8. The SMILES string of the molecule is CCCCCCCCCCNC(=O)c1ccnc(F)c1F. The number of nitrogens with zero attached hydrogens (tertiary/aromatic N) is 1. The van der Waals surface area contributed by atoms with Gasteiger partial charge >= 0.3 is 0 Å². The zero-order valence-electron chi connectivity index (χ0n) is 12.6. The molecular weight excluding hydrogens is 274 g/mol. The second kappa shape index (κ2) is 10.2. The fraction of sp³-hybridized carbons (Fsp3) is 0.625. The number of aromatic nitrogens is 1. The summed E-state index contributed by atoms with van der Waals surface area (Å²) in [6, 6.07) is 1.18. The van der Waals surface area contributed by atoms with E-state index in [0.29, 0.717) is 6.54 Å². The van der Waals surface area contributed by atoms with E-state index < -0.39 is 17.7 Å². The Bertz CT molecular complexity index is 438. The lowest BCUT2D eigenvalue weighted by molar-refractivity contribution is 0.0947. The predicted octanol–water partition coefficient (Wildman–Crippen LogP) is 4.23. The molecule has 0 fully saturated rings. The molecule has 118 valence electrons. The first-order valence-corrected chi connectivity index (χ1v) is 7.75. The molecule has 5 heteroatoms. The minimum Gasteiger partial charge on any atom is -0.352 e.